The van der Waals surface area contributed by atoms with E-state index in [1.54, 1.807) is 36.3 Å². The van der Waals surface area contributed by atoms with Crippen molar-refractivity contribution in [3.63, 3.8) is 0 Å². The summed E-state index contributed by atoms with van der Waals surface area (Å²) in [5, 5.41) is 9.61. The zero-order valence-corrected chi connectivity index (χ0v) is 16.2. The number of amides is 1. The van der Waals surface area contributed by atoms with Crippen molar-refractivity contribution in [1.82, 2.24) is 4.98 Å². The number of anilines is 1. The van der Waals surface area contributed by atoms with Crippen LogP contribution >= 0.6 is 11.3 Å². The molecule has 0 radical (unpaired) electrons. The molecule has 28 heavy (non-hydrogen) atoms. The van der Waals surface area contributed by atoms with Gasteiger partial charge in [-0.2, -0.15) is 5.26 Å². The van der Waals surface area contributed by atoms with Crippen LogP contribution in [0.2, 0.25) is 0 Å². The largest absolute Gasteiger partial charge is 0.494 e. The molecule has 1 aliphatic rings. The number of fused-ring (bicyclic) bond motifs is 1. The summed E-state index contributed by atoms with van der Waals surface area (Å²) < 4.78 is 12.1. The number of carbonyl (C=O) groups is 1. The summed E-state index contributed by atoms with van der Waals surface area (Å²) in [5.41, 5.74) is 1.78. The van der Waals surface area contributed by atoms with Gasteiger partial charge in [-0.25, -0.2) is 4.98 Å². The van der Waals surface area contributed by atoms with Gasteiger partial charge >= 0.3 is 0 Å². The maximum Gasteiger partial charge on any atom is 0.260 e. The first kappa shape index (κ1) is 18.4. The number of hydrogen-bond donors (Lipinski definition) is 0. The Morgan fingerprint density at radius 3 is 2.86 bits per heavy atom. The highest BCUT2D eigenvalue weighted by Crippen LogP contribution is 2.35. The summed E-state index contributed by atoms with van der Waals surface area (Å²) in [7, 11) is 1.61. The number of nitrogens with zero attached hydrogens (tertiary/aromatic N) is 3. The van der Waals surface area contributed by atoms with Gasteiger partial charge < -0.3 is 9.47 Å². The second-order valence-electron chi connectivity index (χ2n) is 6.54. The number of thiazole rings is 1. The summed E-state index contributed by atoms with van der Waals surface area (Å²) >= 11 is 1.46. The maximum atomic E-state index is 13.3. The number of rotatable bonds is 5. The normalized spacial score (nSPS) is 16.1. The molecule has 1 amide bonds. The summed E-state index contributed by atoms with van der Waals surface area (Å²) in [5.74, 6) is 0.529. The Hall–Kier alpha value is -2.95. The number of hydrogen-bond acceptors (Lipinski definition) is 6. The molecule has 0 bridgehead atoms. The van der Waals surface area contributed by atoms with Crippen molar-refractivity contribution in [2.24, 2.45) is 0 Å². The molecular formula is C21H19N3O3S. The Balaban J connectivity index is 1.72. The summed E-state index contributed by atoms with van der Waals surface area (Å²) in [6, 6.07) is 14.5. The second kappa shape index (κ2) is 7.97. The first-order chi connectivity index (χ1) is 13.7. The molecule has 2 aromatic carbocycles. The van der Waals surface area contributed by atoms with Crippen molar-refractivity contribution >= 4 is 32.6 Å². The molecule has 1 atom stereocenters. The number of carbonyl (C=O) groups excluding carboxylic acids is 1. The van der Waals surface area contributed by atoms with Gasteiger partial charge in [-0.15, -0.1) is 0 Å². The van der Waals surface area contributed by atoms with Crippen LogP contribution in [0.4, 0.5) is 5.13 Å². The number of nitriles is 1. The number of ether oxygens (including phenoxy) is 2. The lowest BCUT2D eigenvalue weighted by Gasteiger charge is -2.23. The molecule has 0 spiro atoms. The van der Waals surface area contributed by atoms with Crippen LogP contribution in [-0.4, -0.2) is 37.3 Å². The number of para-hydroxylation sites is 1. The van der Waals surface area contributed by atoms with Crippen molar-refractivity contribution in [2.75, 3.05) is 25.2 Å². The highest BCUT2D eigenvalue weighted by Gasteiger charge is 2.27. The average Bonchev–Trinajstić information content (AvgIpc) is 3.40. The Morgan fingerprint density at radius 1 is 1.36 bits per heavy atom. The van der Waals surface area contributed by atoms with Gasteiger partial charge in [-0.3, -0.25) is 9.69 Å². The highest BCUT2D eigenvalue weighted by atomic mass is 32.1. The predicted octanol–water partition coefficient (Wildman–Crippen LogP) is 4.00. The van der Waals surface area contributed by atoms with E-state index in [-0.39, 0.29) is 12.0 Å². The van der Waals surface area contributed by atoms with Gasteiger partial charge in [0.1, 0.15) is 11.3 Å². The molecular weight excluding hydrogens is 374 g/mol. The van der Waals surface area contributed by atoms with Crippen LogP contribution in [0, 0.1) is 11.3 Å². The fourth-order valence-corrected chi connectivity index (χ4v) is 4.27. The SMILES string of the molecule is COc1cccc2sc(N(CC3CCCO3)C(=O)c3ccc(C#N)cc3)nc12. The monoisotopic (exact) mass is 393 g/mol. The smallest absolute Gasteiger partial charge is 0.260 e. The summed E-state index contributed by atoms with van der Waals surface area (Å²) in [6.07, 6.45) is 1.92. The van der Waals surface area contributed by atoms with E-state index in [9.17, 15) is 4.79 Å². The summed E-state index contributed by atoms with van der Waals surface area (Å²) in [6.45, 7) is 1.16. The van der Waals surface area contributed by atoms with Crippen LogP contribution in [-0.2, 0) is 4.74 Å². The first-order valence-electron chi connectivity index (χ1n) is 9.07. The minimum Gasteiger partial charge on any atom is -0.494 e. The molecule has 0 aliphatic carbocycles. The van der Waals surface area contributed by atoms with Gasteiger partial charge in [0, 0.05) is 12.2 Å². The Kier molecular flexibility index (Phi) is 5.24. The van der Waals surface area contributed by atoms with Gasteiger partial charge in [0.25, 0.3) is 5.91 Å². The van der Waals surface area contributed by atoms with Crippen LogP contribution in [0.3, 0.4) is 0 Å². The van der Waals surface area contributed by atoms with Crippen molar-refractivity contribution in [3.8, 4) is 11.8 Å². The molecule has 6 nitrogen and oxygen atoms in total. The molecule has 0 N–H and O–H groups in total. The molecule has 2 heterocycles. The third kappa shape index (κ3) is 3.57. The van der Waals surface area contributed by atoms with Crippen molar-refractivity contribution in [1.29, 1.82) is 5.26 Å². The van der Waals surface area contributed by atoms with Crippen LogP contribution in [0.1, 0.15) is 28.8 Å². The third-order valence-electron chi connectivity index (χ3n) is 4.74. The molecule has 7 heteroatoms. The van der Waals surface area contributed by atoms with Gasteiger partial charge in [0.15, 0.2) is 5.13 Å². The van der Waals surface area contributed by atoms with Gasteiger partial charge in [-0.05, 0) is 49.2 Å². The molecule has 1 saturated heterocycles. The highest BCUT2D eigenvalue weighted by molar-refractivity contribution is 7.22. The lowest BCUT2D eigenvalue weighted by molar-refractivity contribution is 0.0917. The van der Waals surface area contributed by atoms with Crippen LogP contribution in [0.25, 0.3) is 10.2 Å². The molecule has 0 saturated carbocycles. The van der Waals surface area contributed by atoms with Gasteiger partial charge in [0.2, 0.25) is 0 Å². The molecule has 3 aromatic rings. The van der Waals surface area contributed by atoms with E-state index < -0.39 is 0 Å². The Labute approximate surface area is 166 Å². The Morgan fingerprint density at radius 2 is 2.18 bits per heavy atom. The Bertz CT molecular complexity index is 1030. The molecule has 142 valence electrons. The number of aromatic nitrogens is 1. The van der Waals surface area contributed by atoms with Crippen molar-refractivity contribution < 1.29 is 14.3 Å². The topological polar surface area (TPSA) is 75.5 Å². The van der Waals surface area contributed by atoms with Gasteiger partial charge in [-0.1, -0.05) is 17.4 Å². The van der Waals surface area contributed by atoms with E-state index in [1.807, 2.05) is 18.2 Å². The molecule has 1 aliphatic heterocycles. The summed E-state index contributed by atoms with van der Waals surface area (Å²) in [4.78, 5) is 19.7. The van der Waals surface area contributed by atoms with E-state index in [0.717, 1.165) is 29.7 Å². The lowest BCUT2D eigenvalue weighted by atomic mass is 10.1. The van der Waals surface area contributed by atoms with Crippen LogP contribution in [0.15, 0.2) is 42.5 Å². The van der Waals surface area contributed by atoms with Gasteiger partial charge in [0.05, 0.1) is 36.1 Å². The molecule has 1 fully saturated rings. The van der Waals surface area contributed by atoms with Crippen LogP contribution in [0.5, 0.6) is 5.75 Å². The standard InChI is InChI=1S/C21H19N3O3S/c1-26-17-5-2-6-18-19(17)23-21(28-18)24(13-16-4-3-11-27-16)20(25)15-9-7-14(12-22)8-10-15/h2,5-10,16H,3-4,11,13H2,1H3. The molecule has 1 unspecified atom stereocenters. The number of benzene rings is 2. The van der Waals surface area contributed by atoms with Crippen molar-refractivity contribution in [2.45, 2.75) is 18.9 Å². The average molecular weight is 393 g/mol. The van der Waals surface area contributed by atoms with E-state index in [0.29, 0.717) is 28.6 Å². The van der Waals surface area contributed by atoms with E-state index in [2.05, 4.69) is 6.07 Å². The van der Waals surface area contributed by atoms with Crippen molar-refractivity contribution in [3.05, 3.63) is 53.6 Å². The zero-order chi connectivity index (χ0) is 19.5. The minimum absolute atomic E-state index is 0.00348. The maximum absolute atomic E-state index is 13.3. The quantitative estimate of drug-likeness (QED) is 0.655. The van der Waals surface area contributed by atoms with Crippen LogP contribution < -0.4 is 9.64 Å². The molecule has 1 aromatic heterocycles. The number of methoxy groups -OCH3 is 1. The van der Waals surface area contributed by atoms with E-state index >= 15 is 0 Å². The van der Waals surface area contributed by atoms with E-state index in [1.165, 1.54) is 11.3 Å². The predicted molar refractivity (Wildman–Crippen MR) is 108 cm³/mol. The first-order valence-corrected chi connectivity index (χ1v) is 9.88. The fourth-order valence-electron chi connectivity index (χ4n) is 3.27. The van der Waals surface area contributed by atoms with E-state index in [4.69, 9.17) is 19.7 Å². The second-order valence-corrected chi connectivity index (χ2v) is 7.55. The zero-order valence-electron chi connectivity index (χ0n) is 15.4. The third-order valence-corrected chi connectivity index (χ3v) is 5.78. The lowest BCUT2D eigenvalue weighted by Crippen LogP contribution is -2.37. The minimum atomic E-state index is -0.155. The fraction of sp³-hybridized carbons (Fsp3) is 0.286. The molecule has 4 rings (SSSR count).